The molecule has 0 aliphatic carbocycles. The number of rotatable bonds is 2. The Bertz CT molecular complexity index is 407. The molecule has 0 unspecified atom stereocenters. The minimum atomic E-state index is 0.576. The third kappa shape index (κ3) is 2.19. The van der Waals surface area contributed by atoms with Gasteiger partial charge < -0.3 is 9.47 Å². The molecule has 1 aromatic rings. The lowest BCUT2D eigenvalue weighted by Gasteiger charge is -2.19. The van der Waals surface area contributed by atoms with Gasteiger partial charge in [0.25, 0.3) is 0 Å². The monoisotopic (exact) mass is 222 g/mol. The number of fused-ring (bicyclic) bond motifs is 1. The van der Waals surface area contributed by atoms with Gasteiger partial charge in [0, 0.05) is 17.5 Å². The summed E-state index contributed by atoms with van der Waals surface area (Å²) in [5.74, 6) is 4.07. The Labute approximate surface area is 94.1 Å². The van der Waals surface area contributed by atoms with Crippen LogP contribution in [-0.2, 0) is 6.42 Å². The standard InChI is InChI=1S/C12H11ClO2/c1-2-3-4-9-7-11-12(8-10(9)13)15-6-5-14-11/h1,7-8H,3-6H2. The van der Waals surface area contributed by atoms with Crippen LogP contribution in [-0.4, -0.2) is 13.2 Å². The van der Waals surface area contributed by atoms with Gasteiger partial charge in [0.05, 0.1) is 0 Å². The molecule has 3 heteroatoms. The first-order chi connectivity index (χ1) is 7.31. The van der Waals surface area contributed by atoms with Crippen molar-refractivity contribution < 1.29 is 9.47 Å². The maximum atomic E-state index is 6.09. The van der Waals surface area contributed by atoms with Crippen molar-refractivity contribution in [3.05, 3.63) is 22.7 Å². The number of ether oxygens (including phenoxy) is 2. The normalized spacial score (nSPS) is 13.3. The van der Waals surface area contributed by atoms with Crippen molar-refractivity contribution in [1.29, 1.82) is 0 Å². The second-order valence-corrected chi connectivity index (χ2v) is 3.70. The third-order valence-electron chi connectivity index (χ3n) is 2.25. The van der Waals surface area contributed by atoms with Gasteiger partial charge in [-0.15, -0.1) is 12.3 Å². The number of aryl methyl sites for hydroxylation is 1. The fraction of sp³-hybridized carbons (Fsp3) is 0.333. The van der Waals surface area contributed by atoms with Gasteiger partial charge in [-0.3, -0.25) is 0 Å². The molecule has 0 fully saturated rings. The van der Waals surface area contributed by atoms with Crippen LogP contribution in [0.15, 0.2) is 12.1 Å². The summed E-state index contributed by atoms with van der Waals surface area (Å²) in [6, 6.07) is 3.70. The van der Waals surface area contributed by atoms with Gasteiger partial charge >= 0.3 is 0 Å². The van der Waals surface area contributed by atoms with E-state index >= 15 is 0 Å². The molecule has 15 heavy (non-hydrogen) atoms. The molecule has 0 spiro atoms. The van der Waals surface area contributed by atoms with E-state index in [-0.39, 0.29) is 0 Å². The van der Waals surface area contributed by atoms with Crippen molar-refractivity contribution in [3.63, 3.8) is 0 Å². The SMILES string of the molecule is C#CCCc1cc2c(cc1Cl)OCCO2. The quantitative estimate of drug-likeness (QED) is 0.717. The van der Waals surface area contributed by atoms with E-state index in [4.69, 9.17) is 27.5 Å². The lowest BCUT2D eigenvalue weighted by atomic mass is 10.1. The molecule has 0 atom stereocenters. The fourth-order valence-corrected chi connectivity index (χ4v) is 1.75. The minimum absolute atomic E-state index is 0.576. The first-order valence-electron chi connectivity index (χ1n) is 4.83. The molecule has 2 nitrogen and oxygen atoms in total. The van der Waals surface area contributed by atoms with Gasteiger partial charge in [-0.1, -0.05) is 11.6 Å². The molecule has 0 amide bonds. The van der Waals surface area contributed by atoms with Crippen LogP contribution in [0.5, 0.6) is 11.5 Å². The highest BCUT2D eigenvalue weighted by molar-refractivity contribution is 6.31. The molecule has 78 valence electrons. The number of hydrogen-bond acceptors (Lipinski definition) is 2. The number of halogens is 1. The molecule has 2 rings (SSSR count). The first-order valence-corrected chi connectivity index (χ1v) is 5.20. The van der Waals surface area contributed by atoms with E-state index in [9.17, 15) is 0 Å². The first kappa shape index (κ1) is 10.2. The summed E-state index contributed by atoms with van der Waals surface area (Å²) >= 11 is 6.09. The zero-order chi connectivity index (χ0) is 10.7. The van der Waals surface area contributed by atoms with Gasteiger partial charge in [-0.05, 0) is 18.1 Å². The van der Waals surface area contributed by atoms with E-state index in [0.717, 1.165) is 23.5 Å². The largest absolute Gasteiger partial charge is 0.486 e. The highest BCUT2D eigenvalue weighted by Gasteiger charge is 2.14. The second kappa shape index (κ2) is 4.46. The summed E-state index contributed by atoms with van der Waals surface area (Å²) in [7, 11) is 0. The average molecular weight is 223 g/mol. The van der Waals surface area contributed by atoms with Gasteiger partial charge in [-0.25, -0.2) is 0 Å². The third-order valence-corrected chi connectivity index (χ3v) is 2.60. The highest BCUT2D eigenvalue weighted by atomic mass is 35.5. The lowest BCUT2D eigenvalue weighted by Crippen LogP contribution is -2.15. The van der Waals surface area contributed by atoms with E-state index in [1.54, 1.807) is 6.07 Å². The van der Waals surface area contributed by atoms with Gasteiger partial charge in [0.2, 0.25) is 0 Å². The molecule has 0 bridgehead atoms. The zero-order valence-electron chi connectivity index (χ0n) is 8.25. The van der Waals surface area contributed by atoms with E-state index in [1.807, 2.05) is 6.07 Å². The smallest absolute Gasteiger partial charge is 0.162 e. The summed E-state index contributed by atoms with van der Waals surface area (Å²) in [6.07, 6.45) is 6.66. The maximum Gasteiger partial charge on any atom is 0.162 e. The Morgan fingerprint density at radius 3 is 2.60 bits per heavy atom. The Hall–Kier alpha value is -1.33. The van der Waals surface area contributed by atoms with Crippen molar-refractivity contribution in [3.8, 4) is 23.8 Å². The van der Waals surface area contributed by atoms with Crippen molar-refractivity contribution in [1.82, 2.24) is 0 Å². The molecule has 0 saturated carbocycles. The molecule has 0 saturated heterocycles. The number of benzene rings is 1. The van der Waals surface area contributed by atoms with Crippen molar-refractivity contribution >= 4 is 11.6 Å². The van der Waals surface area contributed by atoms with Crippen molar-refractivity contribution in [2.24, 2.45) is 0 Å². The van der Waals surface area contributed by atoms with Crippen LogP contribution in [0.25, 0.3) is 0 Å². The summed E-state index contributed by atoms with van der Waals surface area (Å²) < 4.78 is 10.9. The molecular formula is C12H11ClO2. The van der Waals surface area contributed by atoms with E-state index in [2.05, 4.69) is 5.92 Å². The fourth-order valence-electron chi connectivity index (χ4n) is 1.50. The molecule has 1 heterocycles. The lowest BCUT2D eigenvalue weighted by molar-refractivity contribution is 0.171. The molecule has 1 aromatic carbocycles. The molecular weight excluding hydrogens is 212 g/mol. The van der Waals surface area contributed by atoms with Gasteiger partial charge in [-0.2, -0.15) is 0 Å². The highest BCUT2D eigenvalue weighted by Crippen LogP contribution is 2.35. The zero-order valence-corrected chi connectivity index (χ0v) is 9.01. The van der Waals surface area contributed by atoms with Crippen molar-refractivity contribution in [2.75, 3.05) is 13.2 Å². The predicted octanol–water partition coefficient (Wildman–Crippen LogP) is 2.68. The van der Waals surface area contributed by atoms with Crippen molar-refractivity contribution in [2.45, 2.75) is 12.8 Å². The predicted molar refractivity (Wildman–Crippen MR) is 59.6 cm³/mol. The molecule has 0 aromatic heterocycles. The Kier molecular flexibility index (Phi) is 3.03. The second-order valence-electron chi connectivity index (χ2n) is 3.29. The van der Waals surface area contributed by atoms with E-state index in [0.29, 0.717) is 24.7 Å². The van der Waals surface area contributed by atoms with Crippen LogP contribution in [0, 0.1) is 12.3 Å². The molecule has 0 radical (unpaired) electrons. The van der Waals surface area contributed by atoms with Crippen LogP contribution in [0.4, 0.5) is 0 Å². The molecule has 1 aliphatic rings. The van der Waals surface area contributed by atoms with Gasteiger partial charge in [0.15, 0.2) is 11.5 Å². The van der Waals surface area contributed by atoms with E-state index in [1.165, 1.54) is 0 Å². The minimum Gasteiger partial charge on any atom is -0.486 e. The Morgan fingerprint density at radius 1 is 1.27 bits per heavy atom. The Morgan fingerprint density at radius 2 is 1.93 bits per heavy atom. The van der Waals surface area contributed by atoms with E-state index < -0.39 is 0 Å². The summed E-state index contributed by atoms with van der Waals surface area (Å²) in [4.78, 5) is 0. The maximum absolute atomic E-state index is 6.09. The number of terminal acetylenes is 1. The van der Waals surface area contributed by atoms with Crippen LogP contribution < -0.4 is 9.47 Å². The number of hydrogen-bond donors (Lipinski definition) is 0. The van der Waals surface area contributed by atoms with Crippen LogP contribution in [0.1, 0.15) is 12.0 Å². The molecule has 0 N–H and O–H groups in total. The van der Waals surface area contributed by atoms with Crippen LogP contribution in [0.3, 0.4) is 0 Å². The molecule has 1 aliphatic heterocycles. The topological polar surface area (TPSA) is 18.5 Å². The summed E-state index contributed by atoms with van der Waals surface area (Å²) in [5.41, 5.74) is 1.01. The van der Waals surface area contributed by atoms with Crippen LogP contribution in [0.2, 0.25) is 5.02 Å². The van der Waals surface area contributed by atoms with Gasteiger partial charge in [0.1, 0.15) is 13.2 Å². The summed E-state index contributed by atoms with van der Waals surface area (Å²) in [5, 5.41) is 0.689. The Balaban J connectivity index is 2.28. The summed E-state index contributed by atoms with van der Waals surface area (Å²) in [6.45, 7) is 1.16. The van der Waals surface area contributed by atoms with Crippen LogP contribution >= 0.6 is 11.6 Å². The average Bonchev–Trinajstić information content (AvgIpc) is 2.26.